The molecule has 0 aliphatic rings. The summed E-state index contributed by atoms with van der Waals surface area (Å²) in [4.78, 5) is 0. The van der Waals surface area contributed by atoms with Crippen molar-refractivity contribution >= 4 is 0 Å². The fourth-order valence-corrected chi connectivity index (χ4v) is 0. The van der Waals surface area contributed by atoms with Crippen LogP contribution >= 0.6 is 0 Å². The van der Waals surface area contributed by atoms with E-state index in [0.717, 1.165) is 0 Å². The zero-order valence-corrected chi connectivity index (χ0v) is 5.12. The fourth-order valence-electron chi connectivity index (χ4n) is 0. The van der Waals surface area contributed by atoms with Crippen molar-refractivity contribution in [1.29, 1.82) is 0 Å². The van der Waals surface area contributed by atoms with E-state index < -0.39 is 0 Å². The van der Waals surface area contributed by atoms with Gasteiger partial charge in [-0.15, -0.1) is 0 Å². The molecule has 3 nitrogen and oxygen atoms in total. The van der Waals surface area contributed by atoms with Gasteiger partial charge in [-0.2, -0.15) is 0 Å². The summed E-state index contributed by atoms with van der Waals surface area (Å²) in [6.07, 6.45) is 0. The Kier molecular flexibility index (Phi) is 986. The average Bonchev–Trinajstić information content (AvgIpc) is 0. The molecule has 0 radical (unpaired) electrons. The molecule has 0 aromatic rings. The summed E-state index contributed by atoms with van der Waals surface area (Å²) in [6, 6.07) is 0. The minimum Gasteiger partial charge on any atom is -0.344 e. The van der Waals surface area contributed by atoms with Gasteiger partial charge in [0.05, 0.1) is 0 Å². The van der Waals surface area contributed by atoms with Crippen LogP contribution in [0.1, 0.15) is 0 Å². The van der Waals surface area contributed by atoms with Crippen molar-refractivity contribution in [1.82, 2.24) is 18.5 Å². The van der Waals surface area contributed by atoms with Crippen LogP contribution in [0.2, 0.25) is 0 Å². The van der Waals surface area contributed by atoms with Crippen molar-refractivity contribution in [2.45, 2.75) is 0 Å². The monoisotopic (exact) mass is 74.1 g/mol. The molecule has 0 aliphatic carbocycles. The predicted octanol–water partition coefficient (Wildman–Crippen LogP) is -2.51. The van der Waals surface area contributed by atoms with Crippen LogP contribution in [0.15, 0.2) is 0 Å². The van der Waals surface area contributed by atoms with Crippen LogP contribution in [-0.4, -0.2) is 0 Å². The predicted molar refractivity (Wildman–Crippen MR) is 15.1 cm³/mol. The van der Waals surface area contributed by atoms with Crippen molar-refractivity contribution in [3.63, 3.8) is 0 Å². The van der Waals surface area contributed by atoms with Crippen molar-refractivity contribution in [2.24, 2.45) is 0 Å². The van der Waals surface area contributed by atoms with E-state index in [9.17, 15) is 0 Å². The summed E-state index contributed by atoms with van der Waals surface area (Å²) in [5.74, 6) is 0. The van der Waals surface area contributed by atoms with Gasteiger partial charge in [0.15, 0.2) is 0 Å². The molecule has 0 aromatic carbocycles. The Morgan fingerprint density at radius 2 is 0.500 bits per heavy atom. The Bertz CT molecular complexity index is 3.25. The van der Waals surface area contributed by atoms with E-state index >= 15 is 0 Å². The summed E-state index contributed by atoms with van der Waals surface area (Å²) in [5, 5.41) is 0. The zero-order valence-electron chi connectivity index (χ0n) is 3.12. The van der Waals surface area contributed by atoms with E-state index in [0.29, 0.717) is 0 Å². The summed E-state index contributed by atoms with van der Waals surface area (Å²) in [5.41, 5.74) is 0. The molecule has 9 N–H and O–H groups in total. The Morgan fingerprint density at radius 3 is 0.500 bits per heavy atom. The second-order valence-electron chi connectivity index (χ2n) is 0. The number of hydrogen-bond acceptors (Lipinski definition) is 3. The van der Waals surface area contributed by atoms with E-state index in [-0.39, 0.29) is 48.0 Å². The fraction of sp³-hybridized carbons (Fsp3) is 0. The van der Waals surface area contributed by atoms with Gasteiger partial charge in [0, 0.05) is 0 Å². The third kappa shape index (κ3) is 13.1. The largest absolute Gasteiger partial charge is 1.00 e. The third-order valence-corrected chi connectivity index (χ3v) is 0. The normalized spacial score (nSPS) is 0. The van der Waals surface area contributed by atoms with Crippen molar-refractivity contribution in [2.75, 3.05) is 0 Å². The van der Waals surface area contributed by atoms with E-state index in [1.807, 2.05) is 0 Å². The first-order chi connectivity index (χ1) is 0. The zero-order chi connectivity index (χ0) is 0. The topological polar surface area (TPSA) is 105 Å². The van der Waals surface area contributed by atoms with E-state index in [2.05, 4.69) is 0 Å². The van der Waals surface area contributed by atoms with Crippen molar-refractivity contribution in [3.8, 4) is 0 Å². The van der Waals surface area contributed by atoms with Gasteiger partial charge in [-0.25, -0.2) is 0 Å². The average molecular weight is 74.1 g/mol. The first kappa shape index (κ1) is 94.9. The van der Waals surface area contributed by atoms with Crippen LogP contribution in [0, 0.1) is 0 Å². The number of hydrogen-bond donors (Lipinski definition) is 3. The minimum absolute atomic E-state index is 0. The molecule has 0 saturated carbocycles. The molecule has 4 heavy (non-hydrogen) atoms. The van der Waals surface area contributed by atoms with E-state index in [1.165, 1.54) is 0 Å². The first-order valence-electron chi connectivity index (χ1n) is 0. The standard InChI is InChI=1S/3H3N.Na/h3*1H3;/q;;;+1. The van der Waals surface area contributed by atoms with Gasteiger partial charge >= 0.3 is 29.6 Å². The first-order valence-corrected chi connectivity index (χ1v) is 0. The summed E-state index contributed by atoms with van der Waals surface area (Å²) in [6.45, 7) is 0. The molecule has 4 heteroatoms. The van der Waals surface area contributed by atoms with Crippen LogP contribution in [0.3, 0.4) is 0 Å². The van der Waals surface area contributed by atoms with Crippen molar-refractivity contribution in [3.05, 3.63) is 0 Å². The molecule has 0 aromatic heterocycles. The minimum atomic E-state index is 0. The van der Waals surface area contributed by atoms with E-state index in [4.69, 9.17) is 0 Å². The molecule has 24 valence electrons. The second-order valence-corrected chi connectivity index (χ2v) is 0. The Morgan fingerprint density at radius 1 is 0.500 bits per heavy atom. The van der Waals surface area contributed by atoms with Gasteiger partial charge in [0.25, 0.3) is 0 Å². The molecule has 0 unspecified atom stereocenters. The van der Waals surface area contributed by atoms with Gasteiger partial charge in [0.1, 0.15) is 0 Å². The summed E-state index contributed by atoms with van der Waals surface area (Å²) in [7, 11) is 0. The second kappa shape index (κ2) is 41.6. The smallest absolute Gasteiger partial charge is 0.344 e. The van der Waals surface area contributed by atoms with Crippen LogP contribution in [0.5, 0.6) is 0 Å². The van der Waals surface area contributed by atoms with Crippen LogP contribution in [0.4, 0.5) is 0 Å². The van der Waals surface area contributed by atoms with E-state index in [1.54, 1.807) is 0 Å². The van der Waals surface area contributed by atoms with Gasteiger partial charge in [-0.05, 0) is 0 Å². The maximum atomic E-state index is 0. The molecule has 0 rings (SSSR count). The molecule has 0 amide bonds. The van der Waals surface area contributed by atoms with Gasteiger partial charge in [0.2, 0.25) is 0 Å². The molecule has 0 spiro atoms. The molecular weight excluding hydrogens is 65.0 g/mol. The van der Waals surface area contributed by atoms with Crippen LogP contribution in [-0.2, 0) is 0 Å². The summed E-state index contributed by atoms with van der Waals surface area (Å²) < 4.78 is 0. The van der Waals surface area contributed by atoms with Gasteiger partial charge in [-0.1, -0.05) is 0 Å². The van der Waals surface area contributed by atoms with Gasteiger partial charge < -0.3 is 18.5 Å². The third-order valence-electron chi connectivity index (χ3n) is 0. The quantitative estimate of drug-likeness (QED) is 0.276. The molecule has 0 atom stereocenters. The van der Waals surface area contributed by atoms with Crippen molar-refractivity contribution < 1.29 is 29.6 Å². The maximum Gasteiger partial charge on any atom is 1.00 e. The van der Waals surface area contributed by atoms with Crippen LogP contribution < -0.4 is 48.0 Å². The maximum absolute atomic E-state index is 0. The SMILES string of the molecule is N.N.N.[Na+]. The molecule has 0 heterocycles. The Hall–Kier alpha value is 0.880. The molecule has 0 bridgehead atoms. The summed E-state index contributed by atoms with van der Waals surface area (Å²) >= 11 is 0. The molecule has 0 aliphatic heterocycles. The van der Waals surface area contributed by atoms with Gasteiger partial charge in [-0.3, -0.25) is 0 Å². The molecule has 0 fully saturated rings. The molecule has 0 saturated heterocycles. The van der Waals surface area contributed by atoms with Crippen LogP contribution in [0.25, 0.3) is 0 Å². The Balaban J connectivity index is 0. The molecular formula is H9N3Na+. The number of rotatable bonds is 0. The Labute approximate surface area is 48.2 Å².